The van der Waals surface area contributed by atoms with Crippen LogP contribution in [0.25, 0.3) is 0 Å². The summed E-state index contributed by atoms with van der Waals surface area (Å²) in [5, 5.41) is 9.14. The Morgan fingerprint density at radius 2 is 2.33 bits per heavy atom. The molecular weight excluding hydrogens is 276 g/mol. The van der Waals surface area contributed by atoms with Gasteiger partial charge in [-0.2, -0.15) is 0 Å². The van der Waals surface area contributed by atoms with Crippen LogP contribution in [0, 0.1) is 6.92 Å². The first kappa shape index (κ1) is 10.5. The standard InChI is InChI=1S/C9H9BrN4S/c1-6-8(2-3-9(10)12-6)11-4-7-5-15-14-13-7/h2-3,5,11H,4H2,1H3. The number of rotatable bonds is 3. The van der Waals surface area contributed by atoms with E-state index in [-0.39, 0.29) is 0 Å². The largest absolute Gasteiger partial charge is 0.378 e. The number of nitrogens with one attached hydrogen (secondary N) is 1. The molecule has 4 nitrogen and oxygen atoms in total. The number of hydrogen-bond donors (Lipinski definition) is 1. The second-order valence-corrected chi connectivity index (χ2v) is 4.44. The topological polar surface area (TPSA) is 50.7 Å². The summed E-state index contributed by atoms with van der Waals surface area (Å²) in [6, 6.07) is 3.90. The van der Waals surface area contributed by atoms with E-state index in [1.54, 1.807) is 0 Å². The van der Waals surface area contributed by atoms with Crippen LogP contribution >= 0.6 is 27.5 Å². The van der Waals surface area contributed by atoms with Gasteiger partial charge in [-0.1, -0.05) is 4.49 Å². The first-order valence-corrected chi connectivity index (χ1v) is 6.01. The lowest BCUT2D eigenvalue weighted by molar-refractivity contribution is 0.991. The fourth-order valence-electron chi connectivity index (χ4n) is 1.16. The molecule has 0 unspecified atom stereocenters. The van der Waals surface area contributed by atoms with Crippen LogP contribution in [0.2, 0.25) is 0 Å². The minimum atomic E-state index is 0.681. The molecule has 0 fully saturated rings. The van der Waals surface area contributed by atoms with E-state index in [4.69, 9.17) is 0 Å². The van der Waals surface area contributed by atoms with E-state index in [9.17, 15) is 0 Å². The molecule has 0 radical (unpaired) electrons. The van der Waals surface area contributed by atoms with E-state index in [1.807, 2.05) is 24.4 Å². The van der Waals surface area contributed by atoms with Crippen LogP contribution < -0.4 is 5.32 Å². The normalized spacial score (nSPS) is 10.3. The molecule has 0 amide bonds. The van der Waals surface area contributed by atoms with Crippen molar-refractivity contribution >= 4 is 33.1 Å². The van der Waals surface area contributed by atoms with Gasteiger partial charge < -0.3 is 5.32 Å². The fourth-order valence-corrected chi connectivity index (χ4v) is 2.01. The molecule has 2 heterocycles. The van der Waals surface area contributed by atoms with E-state index in [0.29, 0.717) is 6.54 Å². The van der Waals surface area contributed by atoms with Gasteiger partial charge in [0.2, 0.25) is 0 Å². The van der Waals surface area contributed by atoms with Crippen molar-refractivity contribution in [1.29, 1.82) is 0 Å². The highest BCUT2D eigenvalue weighted by Gasteiger charge is 2.01. The third-order valence-electron chi connectivity index (χ3n) is 1.92. The first-order valence-electron chi connectivity index (χ1n) is 4.38. The van der Waals surface area contributed by atoms with E-state index in [2.05, 4.69) is 35.8 Å². The third-order valence-corrected chi connectivity index (χ3v) is 2.91. The van der Waals surface area contributed by atoms with E-state index in [1.165, 1.54) is 11.5 Å². The first-order chi connectivity index (χ1) is 7.25. The second kappa shape index (κ2) is 4.67. The molecule has 2 aromatic heterocycles. The summed E-state index contributed by atoms with van der Waals surface area (Å²) >= 11 is 4.68. The molecule has 0 aromatic carbocycles. The summed E-state index contributed by atoms with van der Waals surface area (Å²) in [6.07, 6.45) is 0. The van der Waals surface area contributed by atoms with Gasteiger partial charge >= 0.3 is 0 Å². The molecule has 0 aliphatic rings. The highest BCUT2D eigenvalue weighted by Crippen LogP contribution is 2.16. The monoisotopic (exact) mass is 284 g/mol. The van der Waals surface area contributed by atoms with Crippen molar-refractivity contribution in [2.24, 2.45) is 0 Å². The molecule has 78 valence electrons. The molecule has 6 heteroatoms. The highest BCUT2D eigenvalue weighted by atomic mass is 79.9. The number of aromatic nitrogens is 3. The highest BCUT2D eigenvalue weighted by molar-refractivity contribution is 9.10. The molecule has 0 atom stereocenters. The third kappa shape index (κ3) is 2.73. The molecule has 2 rings (SSSR count). The molecule has 0 aliphatic heterocycles. The Hall–Kier alpha value is -1.01. The van der Waals surface area contributed by atoms with Gasteiger partial charge in [0.1, 0.15) is 4.60 Å². The minimum Gasteiger partial charge on any atom is -0.378 e. The van der Waals surface area contributed by atoms with Gasteiger partial charge in [0, 0.05) is 5.38 Å². The van der Waals surface area contributed by atoms with Crippen molar-refractivity contribution in [3.05, 3.63) is 33.5 Å². The maximum absolute atomic E-state index is 4.29. The molecule has 0 saturated heterocycles. The predicted octanol–water partition coefficient (Wildman–Crippen LogP) is 2.62. The van der Waals surface area contributed by atoms with Gasteiger partial charge in [-0.15, -0.1) is 5.10 Å². The zero-order valence-electron chi connectivity index (χ0n) is 8.07. The van der Waals surface area contributed by atoms with Gasteiger partial charge in [-0.25, -0.2) is 4.98 Å². The van der Waals surface area contributed by atoms with Crippen molar-refractivity contribution in [3.63, 3.8) is 0 Å². The number of hydrogen-bond acceptors (Lipinski definition) is 5. The Morgan fingerprint density at radius 3 is 3.00 bits per heavy atom. The average Bonchev–Trinajstić information content (AvgIpc) is 2.69. The van der Waals surface area contributed by atoms with Crippen molar-refractivity contribution < 1.29 is 0 Å². The van der Waals surface area contributed by atoms with Gasteiger partial charge in [0.05, 0.1) is 23.6 Å². The summed E-state index contributed by atoms with van der Waals surface area (Å²) in [7, 11) is 0. The lowest BCUT2D eigenvalue weighted by Crippen LogP contribution is -2.02. The number of aryl methyl sites for hydroxylation is 1. The fraction of sp³-hybridized carbons (Fsp3) is 0.222. The van der Waals surface area contributed by atoms with Crippen LogP contribution in [0.4, 0.5) is 5.69 Å². The van der Waals surface area contributed by atoms with Crippen molar-refractivity contribution in [1.82, 2.24) is 14.6 Å². The maximum Gasteiger partial charge on any atom is 0.106 e. The lowest BCUT2D eigenvalue weighted by atomic mass is 10.3. The molecule has 0 bridgehead atoms. The van der Waals surface area contributed by atoms with Gasteiger partial charge in [0.15, 0.2) is 0 Å². The van der Waals surface area contributed by atoms with Crippen molar-refractivity contribution in [3.8, 4) is 0 Å². The van der Waals surface area contributed by atoms with Crippen LogP contribution in [-0.2, 0) is 6.54 Å². The van der Waals surface area contributed by atoms with Crippen LogP contribution in [0.5, 0.6) is 0 Å². The Balaban J connectivity index is 2.05. The molecule has 2 aromatic rings. The smallest absolute Gasteiger partial charge is 0.106 e. The molecule has 15 heavy (non-hydrogen) atoms. The average molecular weight is 285 g/mol. The van der Waals surface area contributed by atoms with E-state index in [0.717, 1.165) is 21.7 Å². The zero-order valence-corrected chi connectivity index (χ0v) is 10.5. The van der Waals surface area contributed by atoms with Crippen LogP contribution in [0.1, 0.15) is 11.4 Å². The summed E-state index contributed by atoms with van der Waals surface area (Å²) in [6.45, 7) is 2.65. The van der Waals surface area contributed by atoms with Crippen LogP contribution in [0.15, 0.2) is 22.1 Å². The predicted molar refractivity (Wildman–Crippen MR) is 63.9 cm³/mol. The molecule has 0 spiro atoms. The Bertz CT molecular complexity index is 443. The van der Waals surface area contributed by atoms with Crippen molar-refractivity contribution in [2.75, 3.05) is 5.32 Å². The van der Waals surface area contributed by atoms with Crippen LogP contribution in [-0.4, -0.2) is 14.6 Å². The second-order valence-electron chi connectivity index (χ2n) is 3.02. The number of nitrogens with zero attached hydrogens (tertiary/aromatic N) is 3. The van der Waals surface area contributed by atoms with Crippen LogP contribution in [0.3, 0.4) is 0 Å². The molecule has 0 saturated carbocycles. The Kier molecular flexibility index (Phi) is 3.27. The Morgan fingerprint density at radius 1 is 1.47 bits per heavy atom. The molecule has 1 N–H and O–H groups in total. The van der Waals surface area contributed by atoms with E-state index >= 15 is 0 Å². The SMILES string of the molecule is Cc1nc(Br)ccc1NCc1csnn1. The Labute approximate surface area is 100 Å². The molecule has 0 aliphatic carbocycles. The zero-order chi connectivity index (χ0) is 10.7. The molecular formula is C9H9BrN4S. The maximum atomic E-state index is 4.29. The van der Waals surface area contributed by atoms with Gasteiger partial charge in [0.25, 0.3) is 0 Å². The van der Waals surface area contributed by atoms with Gasteiger partial charge in [-0.3, -0.25) is 0 Å². The quantitative estimate of drug-likeness (QED) is 0.881. The number of pyridine rings is 1. The number of anilines is 1. The summed E-state index contributed by atoms with van der Waals surface area (Å²) in [4.78, 5) is 4.29. The summed E-state index contributed by atoms with van der Waals surface area (Å²) in [5.41, 5.74) is 2.93. The van der Waals surface area contributed by atoms with Crippen molar-refractivity contribution in [2.45, 2.75) is 13.5 Å². The van der Waals surface area contributed by atoms with Gasteiger partial charge in [-0.05, 0) is 46.5 Å². The number of halogens is 1. The lowest BCUT2D eigenvalue weighted by Gasteiger charge is -2.06. The summed E-state index contributed by atoms with van der Waals surface area (Å²) < 4.78 is 4.65. The summed E-state index contributed by atoms with van der Waals surface area (Å²) in [5.74, 6) is 0. The van der Waals surface area contributed by atoms with E-state index < -0.39 is 0 Å². The minimum absolute atomic E-state index is 0.681.